The summed E-state index contributed by atoms with van der Waals surface area (Å²) in [4.78, 5) is 15.7. The number of aryl methyl sites for hydroxylation is 1. The molecule has 1 N–H and O–H groups in total. The molecule has 0 fully saturated rings. The van der Waals surface area contributed by atoms with Crippen molar-refractivity contribution in [1.82, 2.24) is 9.99 Å². The lowest BCUT2D eigenvalue weighted by Gasteiger charge is -2.20. The van der Waals surface area contributed by atoms with Gasteiger partial charge in [-0.2, -0.15) is 0 Å². The van der Waals surface area contributed by atoms with Crippen LogP contribution in [-0.2, 0) is 6.54 Å². The van der Waals surface area contributed by atoms with Crippen molar-refractivity contribution < 1.29 is 4.42 Å². The van der Waals surface area contributed by atoms with E-state index in [-0.39, 0.29) is 11.7 Å². The molecule has 5 heteroatoms. The van der Waals surface area contributed by atoms with E-state index in [1.54, 1.807) is 6.20 Å². The normalized spacial score (nSPS) is 18.1. The smallest absolute Gasteiger partial charge is 0.337 e. The highest BCUT2D eigenvalue weighted by Gasteiger charge is 2.30. The standard InChI is InChI=1S/C14H15N3O2/c1-9-7-12(18)19-14-13(9)10(2)17(16-14)8-11-5-3-4-6-15-11/h3-7,10,16H,8H2,1-2H3. The molecule has 19 heavy (non-hydrogen) atoms. The highest BCUT2D eigenvalue weighted by Crippen LogP contribution is 2.36. The monoisotopic (exact) mass is 257 g/mol. The van der Waals surface area contributed by atoms with Crippen LogP contribution >= 0.6 is 0 Å². The van der Waals surface area contributed by atoms with Crippen molar-refractivity contribution in [2.45, 2.75) is 26.4 Å². The van der Waals surface area contributed by atoms with E-state index in [1.165, 1.54) is 6.07 Å². The van der Waals surface area contributed by atoms with Gasteiger partial charge in [-0.15, -0.1) is 0 Å². The third kappa shape index (κ3) is 2.13. The minimum atomic E-state index is -0.323. The highest BCUT2D eigenvalue weighted by atomic mass is 16.4. The van der Waals surface area contributed by atoms with Crippen molar-refractivity contribution in [1.29, 1.82) is 0 Å². The molecule has 98 valence electrons. The number of aromatic nitrogens is 1. The summed E-state index contributed by atoms with van der Waals surface area (Å²) < 4.78 is 5.21. The predicted molar refractivity (Wildman–Crippen MR) is 71.5 cm³/mol. The SMILES string of the molecule is Cc1cc(=O)oc2c1C(C)N(Cc1ccccn1)N2. The number of rotatable bonds is 2. The molecule has 1 unspecified atom stereocenters. The molecule has 2 aromatic heterocycles. The van der Waals surface area contributed by atoms with Crippen LogP contribution in [0.3, 0.4) is 0 Å². The van der Waals surface area contributed by atoms with Crippen molar-refractivity contribution in [2.75, 3.05) is 5.43 Å². The molecule has 0 radical (unpaired) electrons. The second-order valence-electron chi connectivity index (χ2n) is 4.73. The number of nitrogens with one attached hydrogen (secondary N) is 1. The molecule has 0 saturated heterocycles. The third-order valence-corrected chi connectivity index (χ3v) is 3.40. The van der Waals surface area contributed by atoms with Crippen LogP contribution in [-0.4, -0.2) is 9.99 Å². The molecule has 0 aliphatic carbocycles. The van der Waals surface area contributed by atoms with E-state index in [0.29, 0.717) is 12.4 Å². The molecule has 2 aromatic rings. The summed E-state index contributed by atoms with van der Waals surface area (Å²) in [6.45, 7) is 4.66. The zero-order valence-electron chi connectivity index (χ0n) is 10.9. The van der Waals surface area contributed by atoms with E-state index in [2.05, 4.69) is 17.3 Å². The molecule has 0 aromatic carbocycles. The molecule has 0 spiro atoms. The Labute approximate surface area is 110 Å². The summed E-state index contributed by atoms with van der Waals surface area (Å²) in [6.07, 6.45) is 1.77. The first-order chi connectivity index (χ1) is 9.15. The van der Waals surface area contributed by atoms with E-state index >= 15 is 0 Å². The van der Waals surface area contributed by atoms with Gasteiger partial charge < -0.3 is 4.42 Å². The zero-order chi connectivity index (χ0) is 13.4. The quantitative estimate of drug-likeness (QED) is 0.894. The Bertz CT molecular complexity index is 651. The van der Waals surface area contributed by atoms with Crippen LogP contribution in [0.1, 0.15) is 29.8 Å². The van der Waals surface area contributed by atoms with E-state index in [4.69, 9.17) is 4.42 Å². The Hall–Kier alpha value is -2.14. The minimum Gasteiger partial charge on any atom is -0.405 e. The van der Waals surface area contributed by atoms with E-state index < -0.39 is 0 Å². The Morgan fingerprint density at radius 3 is 3.05 bits per heavy atom. The van der Waals surface area contributed by atoms with Gasteiger partial charge in [0.05, 0.1) is 18.3 Å². The van der Waals surface area contributed by atoms with Gasteiger partial charge in [0.15, 0.2) is 0 Å². The number of hydrogen-bond donors (Lipinski definition) is 1. The van der Waals surface area contributed by atoms with Crippen LogP contribution in [0.5, 0.6) is 0 Å². The number of nitrogens with zero attached hydrogens (tertiary/aromatic N) is 2. The van der Waals surface area contributed by atoms with Gasteiger partial charge in [0, 0.05) is 17.8 Å². The molecular formula is C14H15N3O2. The predicted octanol–water partition coefficient (Wildman–Crippen LogP) is 2.25. The topological polar surface area (TPSA) is 58.4 Å². The summed E-state index contributed by atoms with van der Waals surface area (Å²) in [5, 5.41) is 2.02. The van der Waals surface area contributed by atoms with Crippen LogP contribution in [0.4, 0.5) is 5.88 Å². The summed E-state index contributed by atoms with van der Waals surface area (Å²) in [5.41, 5.74) is 5.78. The highest BCUT2D eigenvalue weighted by molar-refractivity contribution is 5.50. The Morgan fingerprint density at radius 1 is 1.47 bits per heavy atom. The molecule has 3 rings (SSSR count). The zero-order valence-corrected chi connectivity index (χ0v) is 10.9. The van der Waals surface area contributed by atoms with Gasteiger partial charge in [-0.25, -0.2) is 9.80 Å². The van der Waals surface area contributed by atoms with E-state index in [1.807, 2.05) is 30.1 Å². The summed E-state index contributed by atoms with van der Waals surface area (Å²) in [7, 11) is 0. The van der Waals surface area contributed by atoms with Gasteiger partial charge in [-0.1, -0.05) is 6.07 Å². The number of fused-ring (bicyclic) bond motifs is 1. The molecule has 1 aliphatic heterocycles. The van der Waals surface area contributed by atoms with Crippen molar-refractivity contribution in [3.8, 4) is 0 Å². The molecule has 0 saturated carbocycles. The second kappa shape index (κ2) is 4.51. The number of anilines is 1. The van der Waals surface area contributed by atoms with Crippen molar-refractivity contribution in [3.63, 3.8) is 0 Å². The van der Waals surface area contributed by atoms with Gasteiger partial charge in [-0.05, 0) is 31.5 Å². The van der Waals surface area contributed by atoms with E-state index in [0.717, 1.165) is 16.8 Å². The summed E-state index contributed by atoms with van der Waals surface area (Å²) >= 11 is 0. The van der Waals surface area contributed by atoms with Crippen molar-refractivity contribution in [2.24, 2.45) is 0 Å². The average Bonchev–Trinajstić information content (AvgIpc) is 2.67. The fourth-order valence-corrected chi connectivity index (χ4v) is 2.45. The van der Waals surface area contributed by atoms with Crippen molar-refractivity contribution >= 4 is 5.88 Å². The lowest BCUT2D eigenvalue weighted by atomic mass is 10.1. The van der Waals surface area contributed by atoms with Gasteiger partial charge in [-0.3, -0.25) is 10.4 Å². The Morgan fingerprint density at radius 2 is 2.32 bits per heavy atom. The maximum Gasteiger partial charge on any atom is 0.337 e. The fourth-order valence-electron chi connectivity index (χ4n) is 2.45. The van der Waals surface area contributed by atoms with Gasteiger partial charge in [0.1, 0.15) is 0 Å². The molecule has 1 atom stereocenters. The fraction of sp³-hybridized carbons (Fsp3) is 0.286. The summed E-state index contributed by atoms with van der Waals surface area (Å²) in [6, 6.07) is 7.49. The summed E-state index contributed by atoms with van der Waals surface area (Å²) in [5.74, 6) is 0.549. The number of hydrazine groups is 1. The lowest BCUT2D eigenvalue weighted by molar-refractivity contribution is 0.264. The maximum atomic E-state index is 11.4. The van der Waals surface area contributed by atoms with Crippen LogP contribution in [0.15, 0.2) is 39.7 Å². The third-order valence-electron chi connectivity index (χ3n) is 3.40. The molecule has 0 bridgehead atoms. The van der Waals surface area contributed by atoms with Crippen LogP contribution in [0, 0.1) is 6.92 Å². The van der Waals surface area contributed by atoms with Gasteiger partial charge >= 0.3 is 5.63 Å². The largest absolute Gasteiger partial charge is 0.405 e. The van der Waals surface area contributed by atoms with Gasteiger partial charge in [0.2, 0.25) is 5.88 Å². The second-order valence-corrected chi connectivity index (χ2v) is 4.73. The van der Waals surface area contributed by atoms with Crippen LogP contribution < -0.4 is 11.1 Å². The van der Waals surface area contributed by atoms with Crippen LogP contribution in [0.2, 0.25) is 0 Å². The Kier molecular flexibility index (Phi) is 2.83. The first-order valence-corrected chi connectivity index (χ1v) is 6.23. The average molecular weight is 257 g/mol. The van der Waals surface area contributed by atoms with Crippen molar-refractivity contribution in [3.05, 3.63) is 57.7 Å². The van der Waals surface area contributed by atoms with E-state index in [9.17, 15) is 4.79 Å². The molecule has 0 amide bonds. The van der Waals surface area contributed by atoms with Gasteiger partial charge in [0.25, 0.3) is 0 Å². The molecule has 3 heterocycles. The van der Waals surface area contributed by atoms with Crippen LogP contribution in [0.25, 0.3) is 0 Å². The first kappa shape index (κ1) is 11.9. The lowest BCUT2D eigenvalue weighted by Crippen LogP contribution is -2.26. The minimum absolute atomic E-state index is 0.140. The molecule has 5 nitrogen and oxygen atoms in total. The number of pyridine rings is 1. The number of hydrogen-bond acceptors (Lipinski definition) is 5. The first-order valence-electron chi connectivity index (χ1n) is 6.23. The Balaban J connectivity index is 1.89. The molecule has 1 aliphatic rings. The maximum absolute atomic E-state index is 11.4. The molecular weight excluding hydrogens is 242 g/mol.